The van der Waals surface area contributed by atoms with Crippen LogP contribution in [0.2, 0.25) is 5.02 Å². The van der Waals surface area contributed by atoms with Crippen molar-refractivity contribution in [3.05, 3.63) is 40.4 Å². The van der Waals surface area contributed by atoms with E-state index in [0.29, 0.717) is 13.2 Å². The minimum absolute atomic E-state index is 0.563. The maximum absolute atomic E-state index is 5.93. The minimum Gasteiger partial charge on any atom is -0.493 e. The molecule has 0 bridgehead atoms. The fourth-order valence-corrected chi connectivity index (χ4v) is 2.66. The summed E-state index contributed by atoms with van der Waals surface area (Å²) in [6.45, 7) is 4.79. The van der Waals surface area contributed by atoms with Crippen molar-refractivity contribution in [2.75, 3.05) is 13.2 Å². The Bertz CT molecular complexity index is 627. The Morgan fingerprint density at radius 3 is 3.14 bits per heavy atom. The van der Waals surface area contributed by atoms with Crippen LogP contribution < -0.4 is 4.74 Å². The second-order valence-electron chi connectivity index (χ2n) is 5.10. The van der Waals surface area contributed by atoms with Gasteiger partial charge >= 0.3 is 0 Å². The summed E-state index contributed by atoms with van der Waals surface area (Å²) in [5.41, 5.74) is 1.06. The molecule has 112 valence electrons. The van der Waals surface area contributed by atoms with Crippen LogP contribution in [0.25, 0.3) is 0 Å². The molecule has 6 heteroatoms. The number of hydrogen-bond donors (Lipinski definition) is 0. The van der Waals surface area contributed by atoms with E-state index in [9.17, 15) is 0 Å². The van der Waals surface area contributed by atoms with E-state index in [1.165, 1.54) is 0 Å². The molecule has 0 spiro atoms. The molecule has 0 radical (unpaired) electrons. The zero-order valence-corrected chi connectivity index (χ0v) is 12.8. The predicted molar refractivity (Wildman–Crippen MR) is 79.7 cm³/mol. The molecule has 0 aliphatic carbocycles. The third-order valence-corrected chi connectivity index (χ3v) is 3.77. The van der Waals surface area contributed by atoms with Crippen molar-refractivity contribution in [1.82, 2.24) is 14.8 Å². The molecule has 0 N–H and O–H groups in total. The van der Waals surface area contributed by atoms with Crippen molar-refractivity contribution in [2.24, 2.45) is 0 Å². The number of halogens is 1. The summed E-state index contributed by atoms with van der Waals surface area (Å²) in [4.78, 5) is 0. The van der Waals surface area contributed by atoms with Crippen LogP contribution in [0.5, 0.6) is 5.75 Å². The van der Waals surface area contributed by atoms with Crippen LogP contribution in [-0.4, -0.2) is 28.0 Å². The normalized spacial score (nSPS) is 14.0. The first kappa shape index (κ1) is 14.4. The number of aromatic nitrogens is 3. The van der Waals surface area contributed by atoms with Crippen molar-refractivity contribution in [3.8, 4) is 5.75 Å². The summed E-state index contributed by atoms with van der Waals surface area (Å²) in [6, 6.07) is 5.67. The first-order valence-electron chi connectivity index (χ1n) is 7.11. The Hall–Kier alpha value is -1.59. The van der Waals surface area contributed by atoms with Gasteiger partial charge in [-0.05, 0) is 37.1 Å². The highest BCUT2D eigenvalue weighted by atomic mass is 35.5. The van der Waals surface area contributed by atoms with Gasteiger partial charge in [0.25, 0.3) is 0 Å². The van der Waals surface area contributed by atoms with Gasteiger partial charge in [0.05, 0.1) is 13.2 Å². The topological polar surface area (TPSA) is 49.2 Å². The Kier molecular flexibility index (Phi) is 4.41. The van der Waals surface area contributed by atoms with E-state index in [4.69, 9.17) is 21.1 Å². The molecule has 0 saturated heterocycles. The van der Waals surface area contributed by atoms with Gasteiger partial charge in [-0.15, -0.1) is 10.2 Å². The van der Waals surface area contributed by atoms with E-state index in [0.717, 1.165) is 54.0 Å². The van der Waals surface area contributed by atoms with Crippen LogP contribution in [0.15, 0.2) is 18.2 Å². The van der Waals surface area contributed by atoms with Crippen LogP contribution in [0.4, 0.5) is 0 Å². The van der Waals surface area contributed by atoms with Crippen LogP contribution in [-0.2, 0) is 24.3 Å². The maximum Gasteiger partial charge on any atom is 0.159 e. The summed E-state index contributed by atoms with van der Waals surface area (Å²) >= 11 is 5.93. The molecule has 0 saturated carbocycles. The average Bonchev–Trinajstić information content (AvgIpc) is 2.89. The van der Waals surface area contributed by atoms with Gasteiger partial charge in [0.15, 0.2) is 5.82 Å². The van der Waals surface area contributed by atoms with Crippen molar-refractivity contribution in [1.29, 1.82) is 0 Å². The SMILES string of the molecule is Cc1cc(Cl)ccc1OCCCc1nnc2n1CCOC2. The number of nitrogens with zero attached hydrogens (tertiary/aromatic N) is 3. The Balaban J connectivity index is 1.51. The third kappa shape index (κ3) is 3.36. The molecule has 1 aliphatic rings. The molecule has 1 aromatic carbocycles. The molecular weight excluding hydrogens is 290 g/mol. The van der Waals surface area contributed by atoms with Crippen molar-refractivity contribution in [3.63, 3.8) is 0 Å². The smallest absolute Gasteiger partial charge is 0.159 e. The number of hydrogen-bond acceptors (Lipinski definition) is 4. The fourth-order valence-electron chi connectivity index (χ4n) is 2.43. The van der Waals surface area contributed by atoms with E-state index in [-0.39, 0.29) is 0 Å². The summed E-state index contributed by atoms with van der Waals surface area (Å²) in [7, 11) is 0. The van der Waals surface area contributed by atoms with Gasteiger partial charge in [-0.3, -0.25) is 0 Å². The van der Waals surface area contributed by atoms with Crippen LogP contribution in [0.1, 0.15) is 23.6 Å². The molecule has 0 unspecified atom stereocenters. The second kappa shape index (κ2) is 6.45. The number of fused-ring (bicyclic) bond motifs is 1. The minimum atomic E-state index is 0.563. The maximum atomic E-state index is 5.93. The van der Waals surface area contributed by atoms with Gasteiger partial charge in [-0.2, -0.15) is 0 Å². The zero-order chi connectivity index (χ0) is 14.7. The lowest BCUT2D eigenvalue weighted by atomic mass is 10.2. The van der Waals surface area contributed by atoms with Gasteiger partial charge in [-0.25, -0.2) is 0 Å². The molecule has 1 aromatic heterocycles. The molecule has 3 rings (SSSR count). The van der Waals surface area contributed by atoms with Crippen molar-refractivity contribution < 1.29 is 9.47 Å². The van der Waals surface area contributed by atoms with Crippen LogP contribution in [0, 0.1) is 6.92 Å². The molecular formula is C15H18ClN3O2. The summed E-state index contributed by atoms with van der Waals surface area (Å²) in [5, 5.41) is 9.11. The lowest BCUT2D eigenvalue weighted by Crippen LogP contribution is -2.19. The first-order valence-corrected chi connectivity index (χ1v) is 7.49. The van der Waals surface area contributed by atoms with E-state index in [1.54, 1.807) is 0 Å². The number of ether oxygens (including phenoxy) is 2. The monoisotopic (exact) mass is 307 g/mol. The fraction of sp³-hybridized carbons (Fsp3) is 0.467. The Morgan fingerprint density at radius 1 is 1.38 bits per heavy atom. The quantitative estimate of drug-likeness (QED) is 0.797. The molecule has 1 aliphatic heterocycles. The van der Waals surface area contributed by atoms with Gasteiger partial charge in [-0.1, -0.05) is 11.6 Å². The summed E-state index contributed by atoms with van der Waals surface area (Å²) in [6.07, 6.45) is 1.76. The molecule has 0 atom stereocenters. The van der Waals surface area contributed by atoms with Crippen molar-refractivity contribution in [2.45, 2.75) is 32.9 Å². The molecule has 2 heterocycles. The predicted octanol–water partition coefficient (Wildman–Crippen LogP) is 2.78. The van der Waals surface area contributed by atoms with Gasteiger partial charge < -0.3 is 14.0 Å². The molecule has 0 amide bonds. The van der Waals surface area contributed by atoms with Crippen LogP contribution in [0.3, 0.4) is 0 Å². The van der Waals surface area contributed by atoms with Gasteiger partial charge in [0.2, 0.25) is 0 Å². The van der Waals surface area contributed by atoms with E-state index < -0.39 is 0 Å². The lowest BCUT2D eigenvalue weighted by molar-refractivity contribution is 0.0805. The molecule has 5 nitrogen and oxygen atoms in total. The highest BCUT2D eigenvalue weighted by Crippen LogP contribution is 2.22. The third-order valence-electron chi connectivity index (χ3n) is 3.53. The number of aryl methyl sites for hydroxylation is 2. The molecule has 21 heavy (non-hydrogen) atoms. The average molecular weight is 308 g/mol. The largest absolute Gasteiger partial charge is 0.493 e. The first-order chi connectivity index (χ1) is 10.2. The molecule has 0 fully saturated rings. The van der Waals surface area contributed by atoms with E-state index in [1.807, 2.05) is 25.1 Å². The number of benzene rings is 1. The highest BCUT2D eigenvalue weighted by molar-refractivity contribution is 6.30. The summed E-state index contributed by atoms with van der Waals surface area (Å²) in [5.74, 6) is 2.83. The standard InChI is InChI=1S/C15H18ClN3O2/c1-11-9-12(16)4-5-13(11)21-7-2-3-14-17-18-15-10-20-8-6-19(14)15/h4-5,9H,2-3,6-8,10H2,1H3. The highest BCUT2D eigenvalue weighted by Gasteiger charge is 2.15. The van der Waals surface area contributed by atoms with E-state index in [2.05, 4.69) is 14.8 Å². The molecule has 2 aromatic rings. The van der Waals surface area contributed by atoms with Crippen LogP contribution >= 0.6 is 11.6 Å². The number of rotatable bonds is 5. The second-order valence-corrected chi connectivity index (χ2v) is 5.53. The lowest BCUT2D eigenvalue weighted by Gasteiger charge is -2.15. The summed E-state index contributed by atoms with van der Waals surface area (Å²) < 4.78 is 13.3. The van der Waals surface area contributed by atoms with E-state index >= 15 is 0 Å². The Labute approximate surface area is 128 Å². The zero-order valence-electron chi connectivity index (χ0n) is 12.0. The van der Waals surface area contributed by atoms with Crippen molar-refractivity contribution >= 4 is 11.6 Å². The van der Waals surface area contributed by atoms with Gasteiger partial charge in [0, 0.05) is 18.0 Å². The Morgan fingerprint density at radius 2 is 2.29 bits per heavy atom. The van der Waals surface area contributed by atoms with Gasteiger partial charge in [0.1, 0.15) is 18.2 Å².